The quantitative estimate of drug-likeness (QED) is 0.826. The average molecular weight is 258 g/mol. The number of nitrogens with zero attached hydrogens (tertiary/aromatic N) is 1. The summed E-state index contributed by atoms with van der Waals surface area (Å²) in [6.07, 6.45) is 0.930. The molecule has 0 saturated heterocycles. The molecule has 5 heteroatoms. The van der Waals surface area contributed by atoms with Gasteiger partial charge in [-0.3, -0.25) is 4.79 Å². The van der Waals surface area contributed by atoms with Crippen molar-refractivity contribution in [3.8, 4) is 0 Å². The van der Waals surface area contributed by atoms with E-state index in [1.54, 1.807) is 11.3 Å². The Labute approximate surface area is 105 Å². The first kappa shape index (κ1) is 13.5. The molecule has 0 aromatic carbocycles. The summed E-state index contributed by atoms with van der Waals surface area (Å²) in [5, 5.41) is 5.00. The molecular formula is C11H18N2OS2. The third-order valence-electron chi connectivity index (χ3n) is 2.29. The third kappa shape index (κ3) is 4.53. The highest BCUT2D eigenvalue weighted by molar-refractivity contribution is 8.01. The van der Waals surface area contributed by atoms with Crippen molar-refractivity contribution in [2.24, 2.45) is 0 Å². The molecular weight excluding hydrogens is 240 g/mol. The molecule has 0 radical (unpaired) electrons. The number of hydrogen-bond acceptors (Lipinski definition) is 4. The Morgan fingerprint density at radius 1 is 1.62 bits per heavy atom. The SMILES string of the molecule is CCC(C)(C)NC(=O)CSc1nc(C)cs1. The van der Waals surface area contributed by atoms with Crippen molar-refractivity contribution in [2.45, 2.75) is 44.0 Å². The molecule has 90 valence electrons. The van der Waals surface area contributed by atoms with Gasteiger partial charge in [-0.1, -0.05) is 18.7 Å². The molecule has 0 atom stereocenters. The Balaban J connectivity index is 2.36. The molecule has 0 bridgehead atoms. The number of amides is 1. The van der Waals surface area contributed by atoms with Gasteiger partial charge in [0, 0.05) is 16.6 Å². The van der Waals surface area contributed by atoms with Crippen LogP contribution in [0, 0.1) is 6.92 Å². The van der Waals surface area contributed by atoms with Crippen molar-refractivity contribution in [1.82, 2.24) is 10.3 Å². The van der Waals surface area contributed by atoms with Gasteiger partial charge in [-0.25, -0.2) is 4.98 Å². The lowest BCUT2D eigenvalue weighted by molar-refractivity contribution is -0.120. The van der Waals surface area contributed by atoms with E-state index in [0.717, 1.165) is 16.5 Å². The Morgan fingerprint density at radius 3 is 2.81 bits per heavy atom. The highest BCUT2D eigenvalue weighted by Crippen LogP contribution is 2.22. The summed E-state index contributed by atoms with van der Waals surface area (Å²) in [7, 11) is 0. The Kier molecular flexibility index (Phi) is 4.80. The molecule has 0 aliphatic rings. The van der Waals surface area contributed by atoms with Gasteiger partial charge in [0.15, 0.2) is 4.34 Å². The van der Waals surface area contributed by atoms with Gasteiger partial charge in [0.25, 0.3) is 0 Å². The van der Waals surface area contributed by atoms with Gasteiger partial charge < -0.3 is 5.32 Å². The van der Waals surface area contributed by atoms with E-state index in [-0.39, 0.29) is 11.4 Å². The molecule has 0 spiro atoms. The van der Waals surface area contributed by atoms with E-state index in [1.165, 1.54) is 11.8 Å². The van der Waals surface area contributed by atoms with Gasteiger partial charge in [0.1, 0.15) is 0 Å². The van der Waals surface area contributed by atoms with Gasteiger partial charge in [-0.2, -0.15) is 0 Å². The Bertz CT molecular complexity index is 361. The van der Waals surface area contributed by atoms with E-state index < -0.39 is 0 Å². The van der Waals surface area contributed by atoms with Crippen LogP contribution in [0.25, 0.3) is 0 Å². The number of aromatic nitrogens is 1. The fourth-order valence-electron chi connectivity index (χ4n) is 1.03. The fourth-order valence-corrected chi connectivity index (χ4v) is 2.68. The summed E-state index contributed by atoms with van der Waals surface area (Å²) >= 11 is 3.08. The van der Waals surface area contributed by atoms with E-state index in [4.69, 9.17) is 0 Å². The van der Waals surface area contributed by atoms with Crippen LogP contribution in [0.2, 0.25) is 0 Å². The molecule has 1 rings (SSSR count). The molecule has 0 fully saturated rings. The van der Waals surface area contributed by atoms with Crippen LogP contribution in [0.1, 0.15) is 32.9 Å². The fraction of sp³-hybridized carbons (Fsp3) is 0.636. The van der Waals surface area contributed by atoms with Crippen LogP contribution in [0.3, 0.4) is 0 Å². The van der Waals surface area contributed by atoms with Crippen LogP contribution < -0.4 is 5.32 Å². The zero-order valence-corrected chi connectivity index (χ0v) is 11.8. The normalized spacial score (nSPS) is 11.5. The Hall–Kier alpha value is -0.550. The lowest BCUT2D eigenvalue weighted by atomic mass is 10.0. The molecule has 0 aliphatic carbocycles. The number of carbonyl (C=O) groups is 1. The van der Waals surface area contributed by atoms with Crippen molar-refractivity contribution in [3.05, 3.63) is 11.1 Å². The smallest absolute Gasteiger partial charge is 0.230 e. The van der Waals surface area contributed by atoms with Crippen LogP contribution in [-0.2, 0) is 4.79 Å². The summed E-state index contributed by atoms with van der Waals surface area (Å²) < 4.78 is 0.960. The van der Waals surface area contributed by atoms with Crippen LogP contribution in [0.4, 0.5) is 0 Å². The summed E-state index contributed by atoms with van der Waals surface area (Å²) in [6, 6.07) is 0. The monoisotopic (exact) mass is 258 g/mol. The maximum absolute atomic E-state index is 11.6. The standard InChI is InChI=1S/C11H18N2OS2/c1-5-11(3,4)13-9(14)7-16-10-12-8(2)6-15-10/h6H,5,7H2,1-4H3,(H,13,14). The predicted octanol–water partition coefficient (Wildman–Crippen LogP) is 2.85. The number of hydrogen-bond donors (Lipinski definition) is 1. The number of aryl methyl sites for hydroxylation is 1. The molecule has 1 aromatic heterocycles. The van der Waals surface area contributed by atoms with Crippen molar-refractivity contribution in [3.63, 3.8) is 0 Å². The zero-order valence-electron chi connectivity index (χ0n) is 10.2. The molecule has 0 aliphatic heterocycles. The second-order valence-electron chi connectivity index (χ2n) is 4.33. The van der Waals surface area contributed by atoms with Crippen LogP contribution in [0.5, 0.6) is 0 Å². The lowest BCUT2D eigenvalue weighted by Gasteiger charge is -2.24. The minimum Gasteiger partial charge on any atom is -0.351 e. The number of nitrogens with one attached hydrogen (secondary N) is 1. The molecule has 16 heavy (non-hydrogen) atoms. The van der Waals surface area contributed by atoms with Gasteiger partial charge in [0.05, 0.1) is 5.75 Å². The highest BCUT2D eigenvalue weighted by atomic mass is 32.2. The van der Waals surface area contributed by atoms with E-state index in [9.17, 15) is 4.79 Å². The molecule has 1 amide bonds. The first-order valence-corrected chi connectivity index (χ1v) is 7.15. The van der Waals surface area contributed by atoms with E-state index in [2.05, 4.69) is 17.2 Å². The number of rotatable bonds is 5. The Morgan fingerprint density at radius 2 is 2.31 bits per heavy atom. The van der Waals surface area contributed by atoms with E-state index in [1.807, 2.05) is 26.2 Å². The molecule has 0 saturated carbocycles. The van der Waals surface area contributed by atoms with E-state index >= 15 is 0 Å². The number of thiazole rings is 1. The van der Waals surface area contributed by atoms with Gasteiger partial charge >= 0.3 is 0 Å². The topological polar surface area (TPSA) is 42.0 Å². The van der Waals surface area contributed by atoms with Crippen LogP contribution in [0.15, 0.2) is 9.72 Å². The van der Waals surface area contributed by atoms with Crippen LogP contribution >= 0.6 is 23.1 Å². The highest BCUT2D eigenvalue weighted by Gasteiger charge is 2.17. The minimum absolute atomic E-state index is 0.0738. The summed E-state index contributed by atoms with van der Waals surface area (Å²) in [5.41, 5.74) is 0.901. The maximum Gasteiger partial charge on any atom is 0.230 e. The van der Waals surface area contributed by atoms with Gasteiger partial charge in [-0.05, 0) is 27.2 Å². The maximum atomic E-state index is 11.6. The molecule has 1 heterocycles. The second-order valence-corrected chi connectivity index (χ2v) is 6.41. The molecule has 1 aromatic rings. The average Bonchev–Trinajstić information content (AvgIpc) is 2.61. The van der Waals surface area contributed by atoms with Crippen molar-refractivity contribution in [1.29, 1.82) is 0 Å². The van der Waals surface area contributed by atoms with Crippen molar-refractivity contribution < 1.29 is 4.79 Å². The predicted molar refractivity (Wildman–Crippen MR) is 70.1 cm³/mol. The van der Waals surface area contributed by atoms with Gasteiger partial charge in [-0.15, -0.1) is 11.3 Å². The molecule has 1 N–H and O–H groups in total. The van der Waals surface area contributed by atoms with Crippen molar-refractivity contribution in [2.75, 3.05) is 5.75 Å². The van der Waals surface area contributed by atoms with Crippen LogP contribution in [-0.4, -0.2) is 22.2 Å². The summed E-state index contributed by atoms with van der Waals surface area (Å²) in [5.74, 6) is 0.515. The third-order valence-corrected chi connectivity index (χ3v) is 4.43. The number of carbonyl (C=O) groups excluding carboxylic acids is 1. The zero-order chi connectivity index (χ0) is 12.2. The lowest BCUT2D eigenvalue weighted by Crippen LogP contribution is -2.43. The minimum atomic E-state index is -0.115. The second kappa shape index (κ2) is 5.68. The first-order chi connectivity index (χ1) is 7.43. The number of thioether (sulfide) groups is 1. The molecule has 0 unspecified atom stereocenters. The largest absolute Gasteiger partial charge is 0.351 e. The van der Waals surface area contributed by atoms with Gasteiger partial charge in [0.2, 0.25) is 5.91 Å². The summed E-state index contributed by atoms with van der Waals surface area (Å²) in [4.78, 5) is 15.9. The van der Waals surface area contributed by atoms with E-state index in [0.29, 0.717) is 5.75 Å². The first-order valence-electron chi connectivity index (χ1n) is 5.29. The molecule has 3 nitrogen and oxygen atoms in total. The summed E-state index contributed by atoms with van der Waals surface area (Å²) in [6.45, 7) is 8.09. The van der Waals surface area contributed by atoms with Crippen molar-refractivity contribution >= 4 is 29.0 Å².